The van der Waals surface area contributed by atoms with Crippen LogP contribution in [-0.2, 0) is 4.79 Å². The van der Waals surface area contributed by atoms with E-state index in [0.717, 1.165) is 17.2 Å². The molecule has 154 valence electrons. The Bertz CT molecular complexity index is 795. The predicted molar refractivity (Wildman–Crippen MR) is 111 cm³/mol. The fourth-order valence-electron chi connectivity index (χ4n) is 3.21. The van der Waals surface area contributed by atoms with Gasteiger partial charge in [-0.05, 0) is 43.3 Å². The van der Waals surface area contributed by atoms with Crippen molar-refractivity contribution in [1.82, 2.24) is 10.6 Å². The lowest BCUT2D eigenvalue weighted by atomic mass is 10.1. The van der Waals surface area contributed by atoms with Crippen LogP contribution in [0.25, 0.3) is 0 Å². The van der Waals surface area contributed by atoms with Crippen LogP contribution in [0.15, 0.2) is 54.6 Å². The molecule has 2 aromatic carbocycles. The number of amides is 3. The van der Waals surface area contributed by atoms with Gasteiger partial charge in [0.15, 0.2) is 0 Å². The molecule has 1 aliphatic rings. The number of carbonyl (C=O) groups is 2. The summed E-state index contributed by atoms with van der Waals surface area (Å²) in [6, 6.07) is 16.7. The van der Waals surface area contributed by atoms with Crippen LogP contribution >= 0.6 is 0 Å². The van der Waals surface area contributed by atoms with Crippen LogP contribution in [0.2, 0.25) is 0 Å². The van der Waals surface area contributed by atoms with Crippen molar-refractivity contribution in [2.24, 2.45) is 5.92 Å². The predicted octanol–water partition coefficient (Wildman–Crippen LogP) is 2.82. The topological polar surface area (TPSA) is 79.9 Å². The first-order valence-corrected chi connectivity index (χ1v) is 9.88. The number of anilines is 1. The number of hydrogen-bond acceptors (Lipinski definition) is 4. The van der Waals surface area contributed by atoms with Crippen molar-refractivity contribution in [2.75, 3.05) is 37.7 Å². The van der Waals surface area contributed by atoms with Gasteiger partial charge in [-0.1, -0.05) is 18.2 Å². The normalized spacial score (nSPS) is 15.8. The smallest absolute Gasteiger partial charge is 0.314 e. The van der Waals surface area contributed by atoms with E-state index in [0.29, 0.717) is 39.3 Å². The molecule has 1 fully saturated rings. The highest BCUT2D eigenvalue weighted by Gasteiger charge is 2.30. The van der Waals surface area contributed by atoms with Crippen molar-refractivity contribution in [3.05, 3.63) is 54.6 Å². The Morgan fingerprint density at radius 2 is 1.76 bits per heavy atom. The van der Waals surface area contributed by atoms with E-state index >= 15 is 0 Å². The van der Waals surface area contributed by atoms with Crippen LogP contribution in [0.1, 0.15) is 13.3 Å². The van der Waals surface area contributed by atoms with E-state index in [1.54, 1.807) is 4.90 Å². The number of carbonyl (C=O) groups excluding carboxylic acids is 2. The van der Waals surface area contributed by atoms with E-state index in [4.69, 9.17) is 9.47 Å². The molecule has 29 heavy (non-hydrogen) atoms. The highest BCUT2D eigenvalue weighted by Crippen LogP contribution is 2.26. The zero-order valence-corrected chi connectivity index (χ0v) is 16.6. The molecule has 0 radical (unpaired) electrons. The fraction of sp³-hybridized carbons (Fsp3) is 0.364. The standard InChI is InChI=1S/C22H27N3O4/c1-2-28-20-10-8-18(9-11-20)25-16-17(14-21(25)26)15-24-22(27)23-12-13-29-19-6-4-3-5-7-19/h3-11,17H,2,12-16H2,1H3,(H2,23,24,27). The maximum atomic E-state index is 12.3. The lowest BCUT2D eigenvalue weighted by Gasteiger charge is -2.17. The van der Waals surface area contributed by atoms with E-state index < -0.39 is 0 Å². The number of urea groups is 1. The second-order valence-electron chi connectivity index (χ2n) is 6.80. The van der Waals surface area contributed by atoms with Crippen molar-refractivity contribution in [1.29, 1.82) is 0 Å². The van der Waals surface area contributed by atoms with Gasteiger partial charge < -0.3 is 25.0 Å². The van der Waals surface area contributed by atoms with Gasteiger partial charge in [-0.25, -0.2) is 4.79 Å². The summed E-state index contributed by atoms with van der Waals surface area (Å²) < 4.78 is 11.0. The Labute approximate surface area is 171 Å². The van der Waals surface area contributed by atoms with Crippen LogP contribution in [0.3, 0.4) is 0 Å². The van der Waals surface area contributed by atoms with Crippen molar-refractivity contribution >= 4 is 17.6 Å². The summed E-state index contributed by atoms with van der Waals surface area (Å²) in [5.41, 5.74) is 0.850. The number of para-hydroxylation sites is 1. The number of benzene rings is 2. The van der Waals surface area contributed by atoms with Crippen LogP contribution in [0.5, 0.6) is 11.5 Å². The quantitative estimate of drug-likeness (QED) is 0.638. The first kappa shape index (κ1) is 20.5. The summed E-state index contributed by atoms with van der Waals surface area (Å²) in [5, 5.41) is 5.60. The van der Waals surface area contributed by atoms with Gasteiger partial charge in [0.2, 0.25) is 5.91 Å². The third kappa shape index (κ3) is 6.14. The maximum absolute atomic E-state index is 12.3. The Kier molecular flexibility index (Phi) is 7.33. The lowest BCUT2D eigenvalue weighted by Crippen LogP contribution is -2.40. The van der Waals surface area contributed by atoms with Gasteiger partial charge in [-0.2, -0.15) is 0 Å². The molecule has 7 nitrogen and oxygen atoms in total. The Balaban J connectivity index is 1.36. The minimum Gasteiger partial charge on any atom is -0.494 e. The van der Waals surface area contributed by atoms with Gasteiger partial charge in [0.05, 0.1) is 13.2 Å². The highest BCUT2D eigenvalue weighted by atomic mass is 16.5. The van der Waals surface area contributed by atoms with Gasteiger partial charge in [0, 0.05) is 31.1 Å². The Hall–Kier alpha value is -3.22. The molecular formula is C22H27N3O4. The number of ether oxygens (including phenoxy) is 2. The second kappa shape index (κ2) is 10.4. The minimum atomic E-state index is -0.256. The van der Waals surface area contributed by atoms with Crippen LogP contribution < -0.4 is 25.0 Å². The van der Waals surface area contributed by atoms with E-state index in [1.807, 2.05) is 61.5 Å². The molecule has 1 aliphatic heterocycles. The first-order valence-electron chi connectivity index (χ1n) is 9.88. The Morgan fingerprint density at radius 3 is 2.48 bits per heavy atom. The van der Waals surface area contributed by atoms with Crippen LogP contribution in [0, 0.1) is 5.92 Å². The summed E-state index contributed by atoms with van der Waals surface area (Å²) in [5.74, 6) is 1.71. The van der Waals surface area contributed by atoms with Crippen LogP contribution in [-0.4, -0.2) is 44.8 Å². The third-order valence-electron chi connectivity index (χ3n) is 4.62. The molecule has 3 rings (SSSR count). The number of nitrogens with zero attached hydrogens (tertiary/aromatic N) is 1. The summed E-state index contributed by atoms with van der Waals surface area (Å²) >= 11 is 0. The molecule has 2 aromatic rings. The van der Waals surface area contributed by atoms with E-state index in [2.05, 4.69) is 10.6 Å². The molecule has 0 aromatic heterocycles. The molecule has 0 spiro atoms. The molecular weight excluding hydrogens is 370 g/mol. The molecule has 1 unspecified atom stereocenters. The van der Waals surface area contributed by atoms with E-state index in [9.17, 15) is 9.59 Å². The molecule has 3 amide bonds. The van der Waals surface area contributed by atoms with Crippen molar-refractivity contribution in [3.63, 3.8) is 0 Å². The molecule has 1 saturated heterocycles. The van der Waals surface area contributed by atoms with E-state index in [1.165, 1.54) is 0 Å². The van der Waals surface area contributed by atoms with Crippen LogP contribution in [0.4, 0.5) is 10.5 Å². The Morgan fingerprint density at radius 1 is 1.03 bits per heavy atom. The average Bonchev–Trinajstić information content (AvgIpc) is 3.12. The van der Waals surface area contributed by atoms with Gasteiger partial charge in [-0.15, -0.1) is 0 Å². The molecule has 1 atom stereocenters. The number of rotatable bonds is 9. The van der Waals surface area contributed by atoms with Gasteiger partial charge in [0.25, 0.3) is 0 Å². The monoisotopic (exact) mass is 397 g/mol. The third-order valence-corrected chi connectivity index (χ3v) is 4.62. The lowest BCUT2D eigenvalue weighted by molar-refractivity contribution is -0.117. The van der Waals surface area contributed by atoms with Gasteiger partial charge in [0.1, 0.15) is 18.1 Å². The molecule has 0 aliphatic carbocycles. The SMILES string of the molecule is CCOc1ccc(N2CC(CNC(=O)NCCOc3ccccc3)CC2=O)cc1. The molecule has 1 heterocycles. The highest BCUT2D eigenvalue weighted by molar-refractivity contribution is 5.95. The molecule has 0 saturated carbocycles. The average molecular weight is 397 g/mol. The molecule has 0 bridgehead atoms. The van der Waals surface area contributed by atoms with Crippen molar-refractivity contribution in [2.45, 2.75) is 13.3 Å². The van der Waals surface area contributed by atoms with E-state index in [-0.39, 0.29) is 17.9 Å². The zero-order chi connectivity index (χ0) is 20.5. The summed E-state index contributed by atoms with van der Waals surface area (Å²) in [7, 11) is 0. The first-order chi connectivity index (χ1) is 14.2. The molecule has 7 heteroatoms. The largest absolute Gasteiger partial charge is 0.494 e. The number of nitrogens with one attached hydrogen (secondary N) is 2. The second-order valence-corrected chi connectivity index (χ2v) is 6.80. The fourth-order valence-corrected chi connectivity index (χ4v) is 3.21. The summed E-state index contributed by atoms with van der Waals surface area (Å²) in [6.45, 7) is 4.38. The summed E-state index contributed by atoms with van der Waals surface area (Å²) in [4.78, 5) is 26.0. The molecule has 2 N–H and O–H groups in total. The number of hydrogen-bond donors (Lipinski definition) is 2. The maximum Gasteiger partial charge on any atom is 0.314 e. The summed E-state index contributed by atoms with van der Waals surface area (Å²) in [6.07, 6.45) is 0.421. The minimum absolute atomic E-state index is 0.0672. The van der Waals surface area contributed by atoms with Crippen molar-refractivity contribution < 1.29 is 19.1 Å². The van der Waals surface area contributed by atoms with Gasteiger partial charge >= 0.3 is 6.03 Å². The zero-order valence-electron chi connectivity index (χ0n) is 16.6. The van der Waals surface area contributed by atoms with Crippen molar-refractivity contribution in [3.8, 4) is 11.5 Å². The van der Waals surface area contributed by atoms with Gasteiger partial charge in [-0.3, -0.25) is 4.79 Å².